The Balaban J connectivity index is 0.00000364. The molecule has 6 nitrogen and oxygen atoms in total. The number of rotatable bonds is 8. The molecular formula is C18H25FIN5OS. The maximum atomic E-state index is 13.1. The third-order valence-electron chi connectivity index (χ3n) is 3.38. The number of carbonyl (C=O) groups excluding carboxylic acids is 1. The van der Waals surface area contributed by atoms with Gasteiger partial charge in [0.25, 0.3) is 0 Å². The summed E-state index contributed by atoms with van der Waals surface area (Å²) in [7, 11) is 0. The summed E-state index contributed by atoms with van der Waals surface area (Å²) >= 11 is 1.62. The molecule has 0 saturated carbocycles. The molecule has 27 heavy (non-hydrogen) atoms. The first-order chi connectivity index (χ1) is 12.6. The molecule has 1 aromatic heterocycles. The summed E-state index contributed by atoms with van der Waals surface area (Å²) in [6.07, 6.45) is 2.00. The van der Waals surface area contributed by atoms with Crippen molar-refractivity contribution in [3.8, 4) is 0 Å². The van der Waals surface area contributed by atoms with Gasteiger partial charge in [-0.15, -0.1) is 35.3 Å². The molecule has 148 valence electrons. The molecule has 1 heterocycles. The number of guanidine groups is 1. The van der Waals surface area contributed by atoms with Crippen molar-refractivity contribution in [1.82, 2.24) is 20.9 Å². The highest BCUT2D eigenvalue weighted by molar-refractivity contribution is 14.0. The minimum Gasteiger partial charge on any atom is -0.357 e. The Morgan fingerprint density at radius 1 is 1.26 bits per heavy atom. The third kappa shape index (κ3) is 9.14. The van der Waals surface area contributed by atoms with Crippen LogP contribution in [0.25, 0.3) is 0 Å². The first kappa shape index (κ1) is 23.3. The highest BCUT2D eigenvalue weighted by Crippen LogP contribution is 2.11. The molecule has 0 bridgehead atoms. The summed E-state index contributed by atoms with van der Waals surface area (Å²) in [5.74, 6) is 0.205. The van der Waals surface area contributed by atoms with Gasteiger partial charge in [-0.2, -0.15) is 0 Å². The maximum absolute atomic E-state index is 13.1. The van der Waals surface area contributed by atoms with E-state index in [1.165, 1.54) is 12.1 Å². The Bertz CT molecular complexity index is 753. The molecule has 2 aromatic rings. The third-order valence-corrected chi connectivity index (χ3v) is 4.28. The number of thiazole rings is 1. The van der Waals surface area contributed by atoms with Crippen molar-refractivity contribution in [3.05, 3.63) is 51.7 Å². The fourth-order valence-corrected chi connectivity index (χ4v) is 2.95. The summed E-state index contributed by atoms with van der Waals surface area (Å²) in [6, 6.07) is 6.06. The van der Waals surface area contributed by atoms with E-state index >= 15 is 0 Å². The highest BCUT2D eigenvalue weighted by atomic mass is 127. The van der Waals surface area contributed by atoms with Crippen molar-refractivity contribution in [2.75, 3.05) is 19.6 Å². The zero-order valence-corrected chi connectivity index (χ0v) is 18.6. The van der Waals surface area contributed by atoms with Gasteiger partial charge in [0.15, 0.2) is 5.96 Å². The number of hydrogen-bond acceptors (Lipinski definition) is 4. The Morgan fingerprint density at radius 2 is 2.04 bits per heavy atom. The molecule has 0 saturated heterocycles. The largest absolute Gasteiger partial charge is 0.357 e. The average Bonchev–Trinajstić information content (AvgIpc) is 3.02. The number of nitrogens with zero attached hydrogens (tertiary/aromatic N) is 2. The minimum atomic E-state index is -0.334. The minimum absolute atomic E-state index is 0. The van der Waals surface area contributed by atoms with E-state index in [0.717, 1.165) is 16.4 Å². The number of benzene rings is 1. The van der Waals surface area contributed by atoms with Gasteiger partial charge < -0.3 is 16.0 Å². The maximum Gasteiger partial charge on any atom is 0.224 e. The van der Waals surface area contributed by atoms with Crippen LogP contribution in [0.5, 0.6) is 0 Å². The van der Waals surface area contributed by atoms with Gasteiger partial charge >= 0.3 is 0 Å². The number of aryl methyl sites for hydroxylation is 1. The molecule has 1 aromatic carbocycles. The number of hydrogen-bond donors (Lipinski definition) is 3. The van der Waals surface area contributed by atoms with Crippen LogP contribution < -0.4 is 16.0 Å². The van der Waals surface area contributed by atoms with Gasteiger partial charge in [-0.3, -0.25) is 4.79 Å². The fraction of sp³-hybridized carbons (Fsp3) is 0.389. The highest BCUT2D eigenvalue weighted by Gasteiger charge is 2.04. The molecule has 2 rings (SSSR count). The van der Waals surface area contributed by atoms with Gasteiger partial charge in [0.05, 0.1) is 13.0 Å². The van der Waals surface area contributed by atoms with E-state index in [4.69, 9.17) is 0 Å². The van der Waals surface area contributed by atoms with E-state index in [0.29, 0.717) is 31.2 Å². The van der Waals surface area contributed by atoms with Gasteiger partial charge in [-0.1, -0.05) is 12.1 Å². The summed E-state index contributed by atoms with van der Waals surface area (Å²) < 4.78 is 13.1. The monoisotopic (exact) mass is 505 g/mol. The van der Waals surface area contributed by atoms with Crippen molar-refractivity contribution < 1.29 is 9.18 Å². The zero-order chi connectivity index (χ0) is 18.8. The van der Waals surface area contributed by atoms with E-state index in [1.807, 2.05) is 20.0 Å². The van der Waals surface area contributed by atoms with Crippen molar-refractivity contribution >= 4 is 47.2 Å². The first-order valence-electron chi connectivity index (χ1n) is 8.51. The number of nitrogens with one attached hydrogen (secondary N) is 3. The quantitative estimate of drug-likeness (QED) is 0.223. The van der Waals surface area contributed by atoms with Crippen molar-refractivity contribution in [3.63, 3.8) is 0 Å². The van der Waals surface area contributed by atoms with Gasteiger partial charge in [0, 0.05) is 30.7 Å². The van der Waals surface area contributed by atoms with Gasteiger partial charge in [0.1, 0.15) is 10.8 Å². The normalized spacial score (nSPS) is 10.9. The van der Waals surface area contributed by atoms with Crippen LogP contribution in [0.1, 0.15) is 22.4 Å². The van der Waals surface area contributed by atoms with E-state index in [-0.39, 0.29) is 42.1 Å². The van der Waals surface area contributed by atoms with Crippen LogP contribution in [0.2, 0.25) is 0 Å². The van der Waals surface area contributed by atoms with Crippen molar-refractivity contribution in [1.29, 1.82) is 0 Å². The molecule has 0 aliphatic carbocycles. The van der Waals surface area contributed by atoms with Crippen molar-refractivity contribution in [2.45, 2.75) is 26.8 Å². The van der Waals surface area contributed by atoms with Crippen LogP contribution in [-0.4, -0.2) is 36.5 Å². The Morgan fingerprint density at radius 3 is 2.70 bits per heavy atom. The Kier molecular flexibility index (Phi) is 10.9. The summed E-state index contributed by atoms with van der Waals surface area (Å²) in [4.78, 5) is 21.8. The SMILES string of the molecule is CCNC(=NCc1ncc(C)s1)NCCNC(=O)Cc1cccc(F)c1.I. The van der Waals surface area contributed by atoms with E-state index in [2.05, 4.69) is 25.9 Å². The lowest BCUT2D eigenvalue weighted by Crippen LogP contribution is -2.41. The predicted molar refractivity (Wildman–Crippen MR) is 118 cm³/mol. The number of amides is 1. The van der Waals surface area contributed by atoms with Crippen LogP contribution in [-0.2, 0) is 17.8 Å². The molecule has 0 unspecified atom stereocenters. The van der Waals surface area contributed by atoms with Crippen LogP contribution >= 0.6 is 35.3 Å². The molecule has 1 amide bonds. The molecule has 0 aliphatic rings. The van der Waals surface area contributed by atoms with Crippen LogP contribution in [0.4, 0.5) is 4.39 Å². The van der Waals surface area contributed by atoms with Crippen LogP contribution in [0, 0.1) is 12.7 Å². The molecule has 0 atom stereocenters. The smallest absolute Gasteiger partial charge is 0.224 e. The molecule has 0 fully saturated rings. The van der Waals surface area contributed by atoms with Gasteiger partial charge in [-0.25, -0.2) is 14.4 Å². The second kappa shape index (κ2) is 12.6. The van der Waals surface area contributed by atoms with Gasteiger partial charge in [0.2, 0.25) is 5.91 Å². The lowest BCUT2D eigenvalue weighted by molar-refractivity contribution is -0.120. The van der Waals surface area contributed by atoms with Crippen LogP contribution in [0.3, 0.4) is 0 Å². The number of aliphatic imine (C=N–C) groups is 1. The average molecular weight is 505 g/mol. The fourth-order valence-electron chi connectivity index (χ4n) is 2.24. The van der Waals surface area contributed by atoms with Gasteiger partial charge in [-0.05, 0) is 31.5 Å². The lowest BCUT2D eigenvalue weighted by Gasteiger charge is -2.11. The topological polar surface area (TPSA) is 78.4 Å². The second-order valence-corrected chi connectivity index (χ2v) is 6.96. The lowest BCUT2D eigenvalue weighted by atomic mass is 10.1. The molecule has 0 spiro atoms. The number of halogens is 2. The molecule has 3 N–H and O–H groups in total. The molecule has 9 heteroatoms. The molecule has 0 aliphatic heterocycles. The molecule has 0 radical (unpaired) electrons. The molecular weight excluding hydrogens is 480 g/mol. The Labute approximate surface area is 180 Å². The standard InChI is InChI=1S/C18H24FN5OS.HI/c1-3-20-18(24-12-17-23-11-13(2)26-17)22-8-7-21-16(25)10-14-5-4-6-15(19)9-14;/h4-6,9,11H,3,7-8,10,12H2,1-2H3,(H,21,25)(H2,20,22,24);1H. The van der Waals surface area contributed by atoms with E-state index in [9.17, 15) is 9.18 Å². The summed E-state index contributed by atoms with van der Waals surface area (Å²) in [5.41, 5.74) is 0.657. The van der Waals surface area contributed by atoms with E-state index < -0.39 is 0 Å². The van der Waals surface area contributed by atoms with E-state index in [1.54, 1.807) is 23.5 Å². The summed E-state index contributed by atoms with van der Waals surface area (Å²) in [6.45, 7) is 6.26. The van der Waals surface area contributed by atoms with Crippen LogP contribution in [0.15, 0.2) is 35.5 Å². The second-order valence-electron chi connectivity index (χ2n) is 5.64. The summed E-state index contributed by atoms with van der Waals surface area (Å²) in [5, 5.41) is 10.1. The number of carbonyl (C=O) groups is 1. The van der Waals surface area contributed by atoms with Crippen molar-refractivity contribution in [2.24, 2.45) is 4.99 Å². The Hall–Kier alpha value is -1.75. The predicted octanol–water partition coefficient (Wildman–Crippen LogP) is 2.62. The number of aromatic nitrogens is 1. The first-order valence-corrected chi connectivity index (χ1v) is 9.33. The zero-order valence-electron chi connectivity index (χ0n) is 15.4.